The summed E-state index contributed by atoms with van der Waals surface area (Å²) in [6, 6.07) is 10.0. The first-order chi connectivity index (χ1) is 13.6. The van der Waals surface area contributed by atoms with Crippen LogP contribution in [0.25, 0.3) is 5.69 Å². The number of imidazole rings is 1. The summed E-state index contributed by atoms with van der Waals surface area (Å²) in [6.07, 6.45) is 5.60. The molecule has 1 aliphatic heterocycles. The first-order valence-electron chi connectivity index (χ1n) is 9.50. The second-order valence-corrected chi connectivity index (χ2v) is 7.40. The highest BCUT2D eigenvalue weighted by Gasteiger charge is 2.35. The molecule has 1 aliphatic rings. The van der Waals surface area contributed by atoms with Gasteiger partial charge < -0.3 is 9.88 Å². The molecule has 8 nitrogen and oxygen atoms in total. The smallest absolute Gasteiger partial charge is 0.216 e. The van der Waals surface area contributed by atoms with Crippen molar-refractivity contribution in [3.63, 3.8) is 0 Å². The highest BCUT2D eigenvalue weighted by Crippen LogP contribution is 2.33. The van der Waals surface area contributed by atoms with Crippen LogP contribution in [-0.2, 0) is 18.4 Å². The van der Waals surface area contributed by atoms with Gasteiger partial charge in [0.25, 0.3) is 0 Å². The third-order valence-electron chi connectivity index (χ3n) is 5.37. The Labute approximate surface area is 164 Å². The zero-order chi connectivity index (χ0) is 19.5. The van der Waals surface area contributed by atoms with Crippen molar-refractivity contribution in [2.45, 2.75) is 19.4 Å². The standard InChI is InChI=1S/C20H25N7O/c1-15(28)22-8-16-11-26(13-19(16)20-10-21-14-25(20)2)12-18-9-23-24-27(18)17-6-4-3-5-7-17/h3-7,9-10,14,16,19H,8,11-13H2,1-2H3,(H,22,28)/t16-,19-/m1/s1. The molecule has 8 heteroatoms. The quantitative estimate of drug-likeness (QED) is 0.699. The molecule has 2 atom stereocenters. The van der Waals surface area contributed by atoms with Gasteiger partial charge in [-0.3, -0.25) is 9.69 Å². The van der Waals surface area contributed by atoms with Crippen LogP contribution in [0, 0.1) is 5.92 Å². The van der Waals surface area contributed by atoms with E-state index in [1.807, 2.05) is 60.8 Å². The third kappa shape index (κ3) is 3.82. The van der Waals surface area contributed by atoms with E-state index in [1.165, 1.54) is 5.69 Å². The molecule has 1 saturated heterocycles. The van der Waals surface area contributed by atoms with Gasteiger partial charge in [0, 0.05) is 58.0 Å². The lowest BCUT2D eigenvalue weighted by molar-refractivity contribution is -0.119. The van der Waals surface area contributed by atoms with Crippen molar-refractivity contribution in [1.29, 1.82) is 0 Å². The van der Waals surface area contributed by atoms with Crippen molar-refractivity contribution in [2.24, 2.45) is 13.0 Å². The van der Waals surface area contributed by atoms with Gasteiger partial charge in [0.15, 0.2) is 0 Å². The molecule has 0 spiro atoms. The van der Waals surface area contributed by atoms with Gasteiger partial charge in [-0.15, -0.1) is 5.10 Å². The minimum Gasteiger partial charge on any atom is -0.356 e. The lowest BCUT2D eigenvalue weighted by Crippen LogP contribution is -2.31. The number of carbonyl (C=O) groups is 1. The second kappa shape index (κ2) is 7.93. The number of benzene rings is 1. The van der Waals surface area contributed by atoms with Crippen molar-refractivity contribution in [2.75, 3.05) is 19.6 Å². The Bertz CT molecular complexity index is 933. The largest absolute Gasteiger partial charge is 0.356 e. The third-order valence-corrected chi connectivity index (χ3v) is 5.37. The molecule has 3 aromatic rings. The minimum absolute atomic E-state index is 0.00793. The first-order valence-corrected chi connectivity index (χ1v) is 9.50. The van der Waals surface area contributed by atoms with E-state index in [-0.39, 0.29) is 5.91 Å². The maximum atomic E-state index is 11.4. The molecule has 0 unspecified atom stereocenters. The lowest BCUT2D eigenvalue weighted by atomic mass is 9.93. The van der Waals surface area contributed by atoms with E-state index >= 15 is 0 Å². The molecule has 0 radical (unpaired) electrons. The highest BCUT2D eigenvalue weighted by molar-refractivity contribution is 5.72. The van der Waals surface area contributed by atoms with Crippen LogP contribution < -0.4 is 5.32 Å². The fraction of sp³-hybridized carbons (Fsp3) is 0.400. The summed E-state index contributed by atoms with van der Waals surface area (Å²) in [5.74, 6) is 0.661. The van der Waals surface area contributed by atoms with Gasteiger partial charge in [0.1, 0.15) is 0 Å². The summed E-state index contributed by atoms with van der Waals surface area (Å²) in [4.78, 5) is 18.1. The van der Waals surface area contributed by atoms with E-state index in [0.717, 1.165) is 31.0 Å². The molecule has 3 heterocycles. The highest BCUT2D eigenvalue weighted by atomic mass is 16.1. The fourth-order valence-corrected chi connectivity index (χ4v) is 4.01. The summed E-state index contributed by atoms with van der Waals surface area (Å²) in [5, 5.41) is 11.4. The van der Waals surface area contributed by atoms with Gasteiger partial charge in [-0.2, -0.15) is 0 Å². The number of para-hydroxylation sites is 1. The second-order valence-electron chi connectivity index (χ2n) is 7.40. The van der Waals surface area contributed by atoms with Gasteiger partial charge in [0.05, 0.1) is 23.9 Å². The van der Waals surface area contributed by atoms with E-state index in [4.69, 9.17) is 0 Å². The predicted molar refractivity (Wildman–Crippen MR) is 105 cm³/mol. The van der Waals surface area contributed by atoms with Crippen molar-refractivity contribution in [1.82, 2.24) is 34.8 Å². The number of hydrogen-bond donors (Lipinski definition) is 1. The number of aromatic nitrogens is 5. The Balaban J connectivity index is 1.53. The molecular weight excluding hydrogens is 354 g/mol. The van der Waals surface area contributed by atoms with Crippen molar-refractivity contribution in [3.8, 4) is 5.69 Å². The Morgan fingerprint density at radius 2 is 2.04 bits per heavy atom. The number of likely N-dealkylation sites (tertiary alicyclic amines) is 1. The van der Waals surface area contributed by atoms with E-state index in [1.54, 1.807) is 6.92 Å². The zero-order valence-corrected chi connectivity index (χ0v) is 16.2. The van der Waals surface area contributed by atoms with Crippen LogP contribution in [0.3, 0.4) is 0 Å². The molecule has 2 aromatic heterocycles. The van der Waals surface area contributed by atoms with Crippen LogP contribution in [0.1, 0.15) is 24.2 Å². The Hall–Kier alpha value is -3.00. The SMILES string of the molecule is CC(=O)NC[C@@H]1CN(Cc2cnnn2-c2ccccc2)C[C@H]1c1cncn1C. The van der Waals surface area contributed by atoms with Gasteiger partial charge in [-0.25, -0.2) is 9.67 Å². The molecule has 0 aliphatic carbocycles. The number of amides is 1. The maximum absolute atomic E-state index is 11.4. The Kier molecular flexibility index (Phi) is 5.21. The van der Waals surface area contributed by atoms with E-state index < -0.39 is 0 Å². The molecule has 1 fully saturated rings. The van der Waals surface area contributed by atoms with E-state index in [2.05, 4.69) is 30.1 Å². The number of carbonyl (C=O) groups excluding carboxylic acids is 1. The fourth-order valence-electron chi connectivity index (χ4n) is 4.01. The number of rotatable bonds is 6. The number of nitrogens with one attached hydrogen (secondary N) is 1. The monoisotopic (exact) mass is 379 g/mol. The summed E-state index contributed by atoms with van der Waals surface area (Å²) < 4.78 is 3.96. The van der Waals surface area contributed by atoms with Crippen LogP contribution in [-0.4, -0.2) is 55.0 Å². The average molecular weight is 379 g/mol. The summed E-state index contributed by atoms with van der Waals surface area (Å²) in [7, 11) is 2.02. The Morgan fingerprint density at radius 1 is 1.21 bits per heavy atom. The molecule has 146 valence electrons. The van der Waals surface area contributed by atoms with Crippen LogP contribution in [0.2, 0.25) is 0 Å². The number of hydrogen-bond acceptors (Lipinski definition) is 5. The maximum Gasteiger partial charge on any atom is 0.216 e. The van der Waals surface area contributed by atoms with Gasteiger partial charge in [-0.05, 0) is 18.1 Å². The Morgan fingerprint density at radius 3 is 2.75 bits per heavy atom. The van der Waals surface area contributed by atoms with Crippen LogP contribution in [0.5, 0.6) is 0 Å². The molecular formula is C20H25N7O. The van der Waals surface area contributed by atoms with Gasteiger partial charge in [0.2, 0.25) is 5.91 Å². The number of aryl methyl sites for hydroxylation is 1. The van der Waals surface area contributed by atoms with Gasteiger partial charge in [-0.1, -0.05) is 23.4 Å². The van der Waals surface area contributed by atoms with Crippen LogP contribution in [0.15, 0.2) is 49.1 Å². The normalized spacial score (nSPS) is 19.8. The molecule has 1 aromatic carbocycles. The molecule has 0 bridgehead atoms. The number of nitrogens with zero attached hydrogens (tertiary/aromatic N) is 6. The van der Waals surface area contributed by atoms with E-state index in [0.29, 0.717) is 18.4 Å². The van der Waals surface area contributed by atoms with Crippen LogP contribution in [0.4, 0.5) is 0 Å². The van der Waals surface area contributed by atoms with Crippen molar-refractivity contribution < 1.29 is 4.79 Å². The molecule has 0 saturated carbocycles. The predicted octanol–water partition coefficient (Wildman–Crippen LogP) is 1.35. The van der Waals surface area contributed by atoms with Crippen LogP contribution >= 0.6 is 0 Å². The van der Waals surface area contributed by atoms with Crippen molar-refractivity contribution >= 4 is 5.91 Å². The average Bonchev–Trinajstić information content (AvgIpc) is 3.41. The molecule has 28 heavy (non-hydrogen) atoms. The summed E-state index contributed by atoms with van der Waals surface area (Å²) in [5.41, 5.74) is 3.26. The lowest BCUT2D eigenvalue weighted by Gasteiger charge is -2.18. The molecule has 1 N–H and O–H groups in total. The zero-order valence-electron chi connectivity index (χ0n) is 16.2. The minimum atomic E-state index is 0.00793. The summed E-state index contributed by atoms with van der Waals surface area (Å²) >= 11 is 0. The molecule has 4 rings (SSSR count). The van der Waals surface area contributed by atoms with Crippen molar-refractivity contribution in [3.05, 3.63) is 60.4 Å². The molecule has 1 amide bonds. The topological polar surface area (TPSA) is 80.9 Å². The van der Waals surface area contributed by atoms with E-state index in [9.17, 15) is 4.79 Å². The first kappa shape index (κ1) is 18.4. The summed E-state index contributed by atoms with van der Waals surface area (Å²) in [6.45, 7) is 4.79. The van der Waals surface area contributed by atoms with Gasteiger partial charge >= 0.3 is 0 Å².